The highest BCUT2D eigenvalue weighted by molar-refractivity contribution is 7.99. The van der Waals surface area contributed by atoms with E-state index in [1.165, 1.54) is 0 Å². The fraction of sp³-hybridized carbons (Fsp3) is 0.167. The number of thioether (sulfide) groups is 1. The fourth-order valence-corrected chi connectivity index (χ4v) is 3.52. The Morgan fingerprint density at radius 2 is 1.76 bits per heavy atom. The Hall–Kier alpha value is -2.31. The first-order chi connectivity index (χ1) is 12.2. The van der Waals surface area contributed by atoms with E-state index in [0.29, 0.717) is 11.6 Å². The summed E-state index contributed by atoms with van der Waals surface area (Å²) in [4.78, 5) is 0. The van der Waals surface area contributed by atoms with Crippen LogP contribution in [-0.2, 0) is 0 Å². The van der Waals surface area contributed by atoms with E-state index in [-0.39, 0.29) is 0 Å². The van der Waals surface area contributed by atoms with Crippen molar-refractivity contribution < 1.29 is 4.74 Å². The molecule has 2 aromatic carbocycles. The molecule has 0 bridgehead atoms. The molecule has 25 heavy (non-hydrogen) atoms. The van der Waals surface area contributed by atoms with Gasteiger partial charge in [0.1, 0.15) is 5.75 Å². The summed E-state index contributed by atoms with van der Waals surface area (Å²) in [5, 5.41) is 14.8. The number of aromatic nitrogens is 3. The summed E-state index contributed by atoms with van der Waals surface area (Å²) in [5.41, 5.74) is 2.97. The van der Waals surface area contributed by atoms with Gasteiger partial charge in [-0.15, -0.1) is 10.2 Å². The normalized spacial score (nSPS) is 13.3. The Morgan fingerprint density at radius 3 is 2.48 bits per heavy atom. The van der Waals surface area contributed by atoms with Gasteiger partial charge < -0.3 is 4.74 Å². The molecule has 3 aromatic rings. The van der Waals surface area contributed by atoms with Crippen molar-refractivity contribution in [3.63, 3.8) is 0 Å². The first kappa shape index (κ1) is 16.2. The maximum Gasteiger partial charge on any atom is 0.212 e. The van der Waals surface area contributed by atoms with Gasteiger partial charge in [-0.1, -0.05) is 35.5 Å². The second-order valence-electron chi connectivity index (χ2n) is 5.42. The number of hydrogen-bond donors (Lipinski definition) is 0. The molecule has 0 aliphatic carbocycles. The van der Waals surface area contributed by atoms with Crippen LogP contribution in [0.2, 0.25) is 5.02 Å². The molecule has 0 spiro atoms. The monoisotopic (exact) mass is 370 g/mol. The maximum atomic E-state index is 5.97. The highest BCUT2D eigenvalue weighted by Gasteiger charge is 2.20. The molecule has 126 valence electrons. The van der Waals surface area contributed by atoms with Crippen LogP contribution in [0, 0.1) is 0 Å². The lowest BCUT2D eigenvalue weighted by atomic mass is 10.1. The van der Waals surface area contributed by atoms with E-state index >= 15 is 0 Å². The minimum absolute atomic E-state index is 0.644. The van der Waals surface area contributed by atoms with Crippen LogP contribution in [0.15, 0.2) is 58.8 Å². The van der Waals surface area contributed by atoms with Crippen LogP contribution in [0.1, 0.15) is 12.5 Å². The topological polar surface area (TPSA) is 52.3 Å². The van der Waals surface area contributed by atoms with Gasteiger partial charge in [0.2, 0.25) is 5.16 Å². The Morgan fingerprint density at radius 1 is 1.04 bits per heavy atom. The molecular formula is C18H15ClN4OS. The molecule has 1 aromatic heterocycles. The van der Waals surface area contributed by atoms with Gasteiger partial charge in [-0.05, 0) is 48.9 Å². The van der Waals surface area contributed by atoms with Crippen molar-refractivity contribution in [1.82, 2.24) is 14.9 Å². The van der Waals surface area contributed by atoms with Crippen molar-refractivity contribution in [3.8, 4) is 17.1 Å². The molecule has 2 heterocycles. The molecule has 4 rings (SSSR count). The van der Waals surface area contributed by atoms with Gasteiger partial charge in [0.25, 0.3) is 0 Å². The zero-order valence-corrected chi connectivity index (χ0v) is 15.1. The van der Waals surface area contributed by atoms with Gasteiger partial charge in [0.05, 0.1) is 12.3 Å². The summed E-state index contributed by atoms with van der Waals surface area (Å²) < 4.78 is 7.29. The third-order valence-electron chi connectivity index (χ3n) is 3.77. The van der Waals surface area contributed by atoms with E-state index in [9.17, 15) is 0 Å². The van der Waals surface area contributed by atoms with Gasteiger partial charge >= 0.3 is 0 Å². The van der Waals surface area contributed by atoms with E-state index < -0.39 is 0 Å². The summed E-state index contributed by atoms with van der Waals surface area (Å²) in [6.45, 7) is 2.61. The molecule has 0 unspecified atom stereocenters. The van der Waals surface area contributed by atoms with E-state index in [0.717, 1.165) is 39.3 Å². The highest BCUT2D eigenvalue weighted by atomic mass is 35.5. The molecule has 0 N–H and O–H groups in total. The van der Waals surface area contributed by atoms with Crippen molar-refractivity contribution in [2.45, 2.75) is 12.1 Å². The molecule has 1 aliphatic rings. The summed E-state index contributed by atoms with van der Waals surface area (Å²) >= 11 is 7.60. The lowest BCUT2D eigenvalue weighted by Gasteiger charge is -2.14. The second-order valence-corrected chi connectivity index (χ2v) is 6.80. The maximum absolute atomic E-state index is 5.97. The molecule has 5 nitrogen and oxygen atoms in total. The molecular weight excluding hydrogens is 356 g/mol. The summed E-state index contributed by atoms with van der Waals surface area (Å²) in [5.74, 6) is 2.31. The number of ether oxygens (including phenoxy) is 1. The Balaban J connectivity index is 1.70. The standard InChI is InChI=1S/C18H15ClN4OS/c1-2-24-15-9-5-13(6-10-15)17-20-21-18-23(17)22-16(11-25-18)12-3-7-14(19)8-4-12/h3-10H,2,11H2,1H3. The molecule has 7 heteroatoms. The van der Waals surface area contributed by atoms with E-state index in [4.69, 9.17) is 21.4 Å². The predicted molar refractivity (Wildman–Crippen MR) is 101 cm³/mol. The molecule has 0 saturated heterocycles. The molecule has 0 saturated carbocycles. The van der Waals surface area contributed by atoms with Gasteiger partial charge in [-0.2, -0.15) is 9.78 Å². The SMILES string of the molecule is CCOc1ccc(-c2nnc3n2N=C(c2ccc(Cl)cc2)CS3)cc1. The van der Waals surface area contributed by atoms with E-state index in [1.54, 1.807) is 16.4 Å². The summed E-state index contributed by atoms with van der Waals surface area (Å²) in [7, 11) is 0. The predicted octanol–water partition coefficient (Wildman–Crippen LogP) is 4.36. The molecule has 1 aliphatic heterocycles. The number of rotatable bonds is 4. The molecule has 0 atom stereocenters. The van der Waals surface area contributed by atoms with E-state index in [2.05, 4.69) is 10.2 Å². The van der Waals surface area contributed by atoms with Gasteiger partial charge in [-0.25, -0.2) is 0 Å². The Bertz CT molecular complexity index is 919. The van der Waals surface area contributed by atoms with Crippen LogP contribution in [-0.4, -0.2) is 32.9 Å². The summed E-state index contributed by atoms with van der Waals surface area (Å²) in [6.07, 6.45) is 0. The zero-order valence-electron chi connectivity index (χ0n) is 13.5. The van der Waals surface area contributed by atoms with E-state index in [1.807, 2.05) is 55.5 Å². The number of nitrogens with zero attached hydrogens (tertiary/aromatic N) is 4. The second kappa shape index (κ2) is 6.90. The molecule has 0 amide bonds. The van der Waals surface area contributed by atoms with Crippen molar-refractivity contribution in [1.29, 1.82) is 0 Å². The largest absolute Gasteiger partial charge is 0.494 e. The number of halogens is 1. The number of benzene rings is 2. The van der Waals surface area contributed by atoms with Crippen LogP contribution in [0.4, 0.5) is 0 Å². The van der Waals surface area contributed by atoms with Gasteiger partial charge in [-0.3, -0.25) is 0 Å². The van der Waals surface area contributed by atoms with Crippen LogP contribution in [0.25, 0.3) is 11.4 Å². The molecule has 0 radical (unpaired) electrons. The van der Waals surface area contributed by atoms with Crippen molar-refractivity contribution in [2.75, 3.05) is 12.4 Å². The van der Waals surface area contributed by atoms with Crippen molar-refractivity contribution >= 4 is 29.1 Å². The fourth-order valence-electron chi connectivity index (χ4n) is 2.56. The third-order valence-corrected chi connectivity index (χ3v) is 4.95. The minimum Gasteiger partial charge on any atom is -0.494 e. The quantitative estimate of drug-likeness (QED) is 0.684. The highest BCUT2D eigenvalue weighted by Crippen LogP contribution is 2.29. The number of fused-ring (bicyclic) bond motifs is 1. The van der Waals surface area contributed by atoms with Gasteiger partial charge in [0, 0.05) is 16.3 Å². The Kier molecular flexibility index (Phi) is 4.46. The third kappa shape index (κ3) is 3.27. The zero-order chi connectivity index (χ0) is 17.2. The van der Waals surface area contributed by atoms with Crippen molar-refractivity contribution in [3.05, 3.63) is 59.1 Å². The smallest absolute Gasteiger partial charge is 0.212 e. The lowest BCUT2D eigenvalue weighted by molar-refractivity contribution is 0.340. The van der Waals surface area contributed by atoms with Crippen molar-refractivity contribution in [2.24, 2.45) is 5.10 Å². The first-order valence-corrected chi connectivity index (χ1v) is 9.26. The first-order valence-electron chi connectivity index (χ1n) is 7.90. The van der Waals surface area contributed by atoms with Gasteiger partial charge in [0.15, 0.2) is 5.82 Å². The molecule has 0 fully saturated rings. The van der Waals surface area contributed by atoms with Crippen LogP contribution >= 0.6 is 23.4 Å². The van der Waals surface area contributed by atoms with Crippen LogP contribution in [0.5, 0.6) is 5.75 Å². The Labute approximate surface area is 154 Å². The minimum atomic E-state index is 0.644. The van der Waals surface area contributed by atoms with Crippen LogP contribution < -0.4 is 4.74 Å². The number of hydrogen-bond acceptors (Lipinski definition) is 5. The average Bonchev–Trinajstić information content (AvgIpc) is 3.06. The average molecular weight is 371 g/mol. The summed E-state index contributed by atoms with van der Waals surface area (Å²) in [6, 6.07) is 15.5. The van der Waals surface area contributed by atoms with Crippen LogP contribution in [0.3, 0.4) is 0 Å². The lowest BCUT2D eigenvalue weighted by Crippen LogP contribution is -2.13.